The standard InChI is InChI=1S/C6H2Cl2F3NO2S/c7-4-2(15(8,13)14)1-12-6(11)3(4)5(9)10/h1,5H. The SMILES string of the molecule is O=S(=O)(Cl)c1cnc(F)c(C(F)F)c1Cl. The third-order valence-electron chi connectivity index (χ3n) is 1.45. The average molecular weight is 280 g/mol. The molecule has 15 heavy (non-hydrogen) atoms. The van der Waals surface area contributed by atoms with Crippen LogP contribution in [0.25, 0.3) is 0 Å². The van der Waals surface area contributed by atoms with Gasteiger partial charge in [-0.1, -0.05) is 11.6 Å². The van der Waals surface area contributed by atoms with Gasteiger partial charge in [0.1, 0.15) is 4.90 Å². The van der Waals surface area contributed by atoms with Crippen LogP contribution in [0.3, 0.4) is 0 Å². The molecule has 1 aromatic rings. The molecular formula is C6H2Cl2F3NO2S. The molecule has 0 aliphatic rings. The van der Waals surface area contributed by atoms with Crippen molar-refractivity contribution in [2.75, 3.05) is 0 Å². The van der Waals surface area contributed by atoms with Crippen LogP contribution in [0.2, 0.25) is 5.02 Å². The van der Waals surface area contributed by atoms with Crippen LogP contribution in [0.5, 0.6) is 0 Å². The van der Waals surface area contributed by atoms with E-state index >= 15 is 0 Å². The number of hydrogen-bond donors (Lipinski definition) is 0. The molecule has 1 heterocycles. The number of nitrogens with zero attached hydrogens (tertiary/aromatic N) is 1. The number of pyridine rings is 1. The molecular weight excluding hydrogens is 278 g/mol. The Hall–Kier alpha value is -0.530. The Kier molecular flexibility index (Phi) is 3.47. The molecule has 0 radical (unpaired) electrons. The van der Waals surface area contributed by atoms with Crippen LogP contribution in [0.4, 0.5) is 13.2 Å². The van der Waals surface area contributed by atoms with E-state index in [9.17, 15) is 21.6 Å². The smallest absolute Gasteiger partial charge is 0.226 e. The van der Waals surface area contributed by atoms with Crippen LogP contribution in [-0.4, -0.2) is 13.4 Å². The summed E-state index contributed by atoms with van der Waals surface area (Å²) in [5.41, 5.74) is -1.28. The molecule has 9 heteroatoms. The zero-order chi connectivity index (χ0) is 11.8. The van der Waals surface area contributed by atoms with Crippen LogP contribution in [-0.2, 0) is 9.05 Å². The van der Waals surface area contributed by atoms with Crippen molar-refractivity contribution in [3.05, 3.63) is 22.7 Å². The summed E-state index contributed by atoms with van der Waals surface area (Å²) in [6.45, 7) is 0. The van der Waals surface area contributed by atoms with Gasteiger partial charge in [-0.25, -0.2) is 22.2 Å². The maximum atomic E-state index is 12.8. The van der Waals surface area contributed by atoms with E-state index in [2.05, 4.69) is 4.98 Å². The number of aromatic nitrogens is 1. The Morgan fingerprint density at radius 2 is 1.93 bits per heavy atom. The molecule has 0 atom stereocenters. The minimum atomic E-state index is -4.33. The lowest BCUT2D eigenvalue weighted by Gasteiger charge is -2.06. The monoisotopic (exact) mass is 279 g/mol. The highest BCUT2D eigenvalue weighted by atomic mass is 35.7. The minimum absolute atomic E-state index is 0.478. The normalized spacial score (nSPS) is 12.1. The van der Waals surface area contributed by atoms with Gasteiger partial charge in [-0.2, -0.15) is 4.39 Å². The van der Waals surface area contributed by atoms with E-state index in [1.165, 1.54) is 0 Å². The summed E-state index contributed by atoms with van der Waals surface area (Å²) in [6.07, 6.45) is -2.80. The molecule has 84 valence electrons. The molecule has 0 amide bonds. The molecule has 0 spiro atoms. The Morgan fingerprint density at radius 1 is 1.40 bits per heavy atom. The van der Waals surface area contributed by atoms with Crippen molar-refractivity contribution in [1.29, 1.82) is 0 Å². The second-order valence-corrected chi connectivity index (χ2v) is 5.29. The molecule has 1 aromatic heterocycles. The molecule has 0 aromatic carbocycles. The molecule has 3 nitrogen and oxygen atoms in total. The maximum Gasteiger partial charge on any atom is 0.269 e. The molecule has 0 unspecified atom stereocenters. The third-order valence-corrected chi connectivity index (χ3v) is 3.30. The highest BCUT2D eigenvalue weighted by Crippen LogP contribution is 2.34. The molecule has 0 fully saturated rings. The first-order chi connectivity index (χ1) is 6.75. The molecule has 0 N–H and O–H groups in total. The number of alkyl halides is 2. The van der Waals surface area contributed by atoms with Crippen molar-refractivity contribution in [3.8, 4) is 0 Å². The maximum absolute atomic E-state index is 12.8. The van der Waals surface area contributed by atoms with Crippen molar-refractivity contribution in [1.82, 2.24) is 4.98 Å². The molecule has 1 rings (SSSR count). The fourth-order valence-corrected chi connectivity index (χ4v) is 2.31. The van der Waals surface area contributed by atoms with Crippen molar-refractivity contribution in [2.24, 2.45) is 0 Å². The van der Waals surface area contributed by atoms with E-state index in [-0.39, 0.29) is 0 Å². The van der Waals surface area contributed by atoms with Gasteiger partial charge in [-0.15, -0.1) is 0 Å². The zero-order valence-electron chi connectivity index (χ0n) is 6.72. The highest BCUT2D eigenvalue weighted by Gasteiger charge is 2.26. The van der Waals surface area contributed by atoms with E-state index in [0.717, 1.165) is 0 Å². The van der Waals surface area contributed by atoms with E-state index in [4.69, 9.17) is 22.3 Å². The molecule has 0 aliphatic carbocycles. The predicted molar refractivity (Wildman–Crippen MR) is 47.2 cm³/mol. The van der Waals surface area contributed by atoms with Crippen LogP contribution < -0.4 is 0 Å². The van der Waals surface area contributed by atoms with Gasteiger partial charge in [0.15, 0.2) is 0 Å². The van der Waals surface area contributed by atoms with Gasteiger partial charge in [0.25, 0.3) is 15.5 Å². The lowest BCUT2D eigenvalue weighted by atomic mass is 10.3. The summed E-state index contributed by atoms with van der Waals surface area (Å²) in [4.78, 5) is 1.99. The van der Waals surface area contributed by atoms with Crippen LogP contribution in [0.15, 0.2) is 11.1 Å². The summed E-state index contributed by atoms with van der Waals surface area (Å²) in [5, 5.41) is -0.951. The van der Waals surface area contributed by atoms with Crippen LogP contribution >= 0.6 is 22.3 Å². The van der Waals surface area contributed by atoms with Gasteiger partial charge in [0, 0.05) is 10.7 Å². The molecule has 0 bridgehead atoms. The zero-order valence-corrected chi connectivity index (χ0v) is 9.04. The van der Waals surface area contributed by atoms with Gasteiger partial charge < -0.3 is 0 Å². The Bertz CT molecular complexity index is 491. The first-order valence-electron chi connectivity index (χ1n) is 3.32. The second kappa shape index (κ2) is 4.15. The fourth-order valence-electron chi connectivity index (χ4n) is 0.821. The van der Waals surface area contributed by atoms with Crippen LogP contribution in [0.1, 0.15) is 12.0 Å². The Balaban J connectivity index is 3.56. The first-order valence-corrected chi connectivity index (χ1v) is 6.00. The van der Waals surface area contributed by atoms with Crippen molar-refractivity contribution >= 4 is 31.3 Å². The lowest BCUT2D eigenvalue weighted by Crippen LogP contribution is -2.02. The van der Waals surface area contributed by atoms with Gasteiger partial charge in [-0.05, 0) is 0 Å². The van der Waals surface area contributed by atoms with Gasteiger partial charge in [0.05, 0.1) is 16.8 Å². The van der Waals surface area contributed by atoms with Gasteiger partial charge in [-0.3, -0.25) is 0 Å². The number of hydrogen-bond acceptors (Lipinski definition) is 3. The summed E-state index contributed by atoms with van der Waals surface area (Å²) in [6, 6.07) is 0. The third kappa shape index (κ3) is 2.53. The number of halogens is 5. The van der Waals surface area contributed by atoms with Gasteiger partial charge >= 0.3 is 0 Å². The first kappa shape index (κ1) is 12.5. The summed E-state index contributed by atoms with van der Waals surface area (Å²) in [5.74, 6) is -1.53. The second-order valence-electron chi connectivity index (χ2n) is 2.38. The predicted octanol–water partition coefficient (Wildman–Crippen LogP) is 2.74. The van der Waals surface area contributed by atoms with E-state index in [1.54, 1.807) is 0 Å². The van der Waals surface area contributed by atoms with Crippen LogP contribution in [0, 0.1) is 5.95 Å². The quantitative estimate of drug-likeness (QED) is 0.618. The summed E-state index contributed by atoms with van der Waals surface area (Å²) < 4.78 is 58.9. The van der Waals surface area contributed by atoms with Crippen molar-refractivity contribution < 1.29 is 21.6 Å². The van der Waals surface area contributed by atoms with E-state index < -0.39 is 36.9 Å². The lowest BCUT2D eigenvalue weighted by molar-refractivity contribution is 0.145. The topological polar surface area (TPSA) is 47.0 Å². The van der Waals surface area contributed by atoms with E-state index in [0.29, 0.717) is 6.20 Å². The Morgan fingerprint density at radius 3 is 2.33 bits per heavy atom. The molecule has 0 aliphatic heterocycles. The van der Waals surface area contributed by atoms with Crippen molar-refractivity contribution in [3.63, 3.8) is 0 Å². The summed E-state index contributed by atoms with van der Waals surface area (Å²) in [7, 11) is 0.545. The van der Waals surface area contributed by atoms with Gasteiger partial charge in [0.2, 0.25) is 5.95 Å². The summed E-state index contributed by atoms with van der Waals surface area (Å²) >= 11 is 5.27. The number of rotatable bonds is 2. The fraction of sp³-hybridized carbons (Fsp3) is 0.167. The largest absolute Gasteiger partial charge is 0.269 e. The average Bonchev–Trinajstić information content (AvgIpc) is 2.00. The minimum Gasteiger partial charge on any atom is -0.226 e. The van der Waals surface area contributed by atoms with Crippen molar-refractivity contribution in [2.45, 2.75) is 11.3 Å². The molecule has 0 saturated heterocycles. The Labute approximate surface area is 92.2 Å². The highest BCUT2D eigenvalue weighted by molar-refractivity contribution is 8.13. The molecule has 0 saturated carbocycles. The van der Waals surface area contributed by atoms with E-state index in [1.807, 2.05) is 0 Å².